The monoisotopic (exact) mass is 473 g/mol. The van der Waals surface area contributed by atoms with E-state index in [-0.39, 0.29) is 5.78 Å². The molecule has 0 amide bonds. The van der Waals surface area contributed by atoms with Crippen LogP contribution in [0.15, 0.2) is 83.3 Å². The molecule has 0 saturated heterocycles. The number of rotatable bonds is 5. The third-order valence-corrected chi connectivity index (χ3v) is 5.54. The second-order valence-corrected chi connectivity index (χ2v) is 8.28. The molecule has 3 aromatic carbocycles. The first kappa shape index (κ1) is 20.9. The molecule has 154 valence electrons. The number of benzene rings is 3. The van der Waals surface area contributed by atoms with Crippen molar-refractivity contribution in [2.24, 2.45) is 0 Å². The molecule has 1 aromatic heterocycles. The van der Waals surface area contributed by atoms with Crippen LogP contribution in [0.2, 0.25) is 0 Å². The molecule has 1 atom stereocenters. The number of esters is 1. The van der Waals surface area contributed by atoms with Gasteiger partial charge in [0.2, 0.25) is 5.78 Å². The van der Waals surface area contributed by atoms with E-state index in [1.54, 1.807) is 37.3 Å². The fourth-order valence-corrected chi connectivity index (χ4v) is 3.71. The van der Waals surface area contributed by atoms with Gasteiger partial charge in [0.1, 0.15) is 0 Å². The number of fused-ring (bicyclic) bond motifs is 1. The van der Waals surface area contributed by atoms with E-state index in [0.717, 1.165) is 15.6 Å². The highest BCUT2D eigenvalue weighted by molar-refractivity contribution is 9.10. The molecule has 0 aliphatic carbocycles. The number of carbonyl (C=O) groups is 2. The van der Waals surface area contributed by atoms with Gasteiger partial charge in [-0.05, 0) is 38.1 Å². The normalized spacial score (nSPS) is 11.8. The van der Waals surface area contributed by atoms with Gasteiger partial charge in [-0.1, -0.05) is 76.1 Å². The van der Waals surface area contributed by atoms with Gasteiger partial charge in [-0.15, -0.1) is 0 Å². The van der Waals surface area contributed by atoms with Crippen molar-refractivity contribution >= 4 is 38.6 Å². The molecule has 4 aromatic rings. The average molecular weight is 474 g/mol. The van der Waals surface area contributed by atoms with E-state index in [0.29, 0.717) is 27.7 Å². The van der Waals surface area contributed by atoms with Gasteiger partial charge < -0.3 is 4.74 Å². The molecule has 0 unspecified atom stereocenters. The van der Waals surface area contributed by atoms with E-state index >= 15 is 0 Å². The summed E-state index contributed by atoms with van der Waals surface area (Å²) in [6.07, 6.45) is -0.909. The van der Waals surface area contributed by atoms with Gasteiger partial charge in [-0.3, -0.25) is 4.79 Å². The van der Waals surface area contributed by atoms with Gasteiger partial charge in [-0.2, -0.15) is 0 Å². The van der Waals surface area contributed by atoms with Crippen LogP contribution in [0.1, 0.15) is 33.2 Å². The first-order valence-electron chi connectivity index (χ1n) is 9.90. The number of ether oxygens (including phenoxy) is 1. The number of pyridine rings is 1. The molecule has 0 aliphatic rings. The standard InChI is InChI=1S/C26H20BrNO3/c1-16-8-10-18(11-9-16)24-15-22(21-14-20(27)12-13-23(21)28-24)26(30)31-17(2)25(29)19-6-4-3-5-7-19/h3-15,17H,1-2H3/t17-/m0/s1. The average Bonchev–Trinajstić information content (AvgIpc) is 2.78. The second kappa shape index (κ2) is 8.82. The molecule has 0 fully saturated rings. The Morgan fingerprint density at radius 2 is 1.65 bits per heavy atom. The van der Waals surface area contributed by atoms with Crippen LogP contribution in [0.4, 0.5) is 0 Å². The Morgan fingerprint density at radius 1 is 0.935 bits per heavy atom. The molecule has 1 heterocycles. The molecular formula is C26H20BrNO3. The minimum absolute atomic E-state index is 0.243. The fourth-order valence-electron chi connectivity index (χ4n) is 3.35. The summed E-state index contributed by atoms with van der Waals surface area (Å²) in [4.78, 5) is 30.5. The van der Waals surface area contributed by atoms with Crippen LogP contribution in [-0.2, 0) is 4.74 Å². The summed E-state index contributed by atoms with van der Waals surface area (Å²) in [6.45, 7) is 3.61. The van der Waals surface area contributed by atoms with Gasteiger partial charge in [0.25, 0.3) is 0 Å². The zero-order valence-corrected chi connectivity index (χ0v) is 18.7. The predicted octanol–water partition coefficient (Wildman–Crippen LogP) is 6.40. The van der Waals surface area contributed by atoms with Crippen molar-refractivity contribution in [1.82, 2.24) is 4.98 Å². The summed E-state index contributed by atoms with van der Waals surface area (Å²) in [5, 5.41) is 0.662. The van der Waals surface area contributed by atoms with Crippen LogP contribution >= 0.6 is 15.9 Å². The first-order chi connectivity index (χ1) is 14.9. The van der Waals surface area contributed by atoms with Crippen molar-refractivity contribution in [3.05, 3.63) is 100 Å². The van der Waals surface area contributed by atoms with E-state index in [9.17, 15) is 9.59 Å². The Bertz CT molecular complexity index is 1270. The molecule has 0 saturated carbocycles. The van der Waals surface area contributed by atoms with E-state index in [2.05, 4.69) is 15.9 Å². The second-order valence-electron chi connectivity index (χ2n) is 7.36. The molecule has 4 nitrogen and oxygen atoms in total. The quantitative estimate of drug-likeness (QED) is 0.248. The van der Waals surface area contributed by atoms with E-state index in [1.165, 1.54) is 0 Å². The van der Waals surface area contributed by atoms with Gasteiger partial charge in [0, 0.05) is 21.0 Å². The minimum atomic E-state index is -0.909. The SMILES string of the molecule is Cc1ccc(-c2cc(C(=O)O[C@@H](C)C(=O)c3ccccc3)c3cc(Br)ccc3n2)cc1. The highest BCUT2D eigenvalue weighted by atomic mass is 79.9. The van der Waals surface area contributed by atoms with Crippen molar-refractivity contribution in [1.29, 1.82) is 0 Å². The van der Waals surface area contributed by atoms with Crippen LogP contribution in [0.5, 0.6) is 0 Å². The molecule has 4 rings (SSSR count). The fraction of sp³-hybridized carbons (Fsp3) is 0.115. The maximum Gasteiger partial charge on any atom is 0.339 e. The van der Waals surface area contributed by atoms with Crippen molar-refractivity contribution in [3.8, 4) is 11.3 Å². The Kier molecular flexibility index (Phi) is 5.96. The van der Waals surface area contributed by atoms with Crippen molar-refractivity contribution in [2.75, 3.05) is 0 Å². The van der Waals surface area contributed by atoms with E-state index in [4.69, 9.17) is 9.72 Å². The lowest BCUT2D eigenvalue weighted by molar-refractivity contribution is 0.0320. The zero-order valence-electron chi connectivity index (χ0n) is 17.1. The van der Waals surface area contributed by atoms with Crippen LogP contribution in [0.25, 0.3) is 22.2 Å². The summed E-state index contributed by atoms with van der Waals surface area (Å²) in [6, 6.07) is 24.1. The molecule has 0 spiro atoms. The smallest absolute Gasteiger partial charge is 0.339 e. The predicted molar refractivity (Wildman–Crippen MR) is 125 cm³/mol. The minimum Gasteiger partial charge on any atom is -0.451 e. The molecule has 0 radical (unpaired) electrons. The maximum atomic E-state index is 13.1. The topological polar surface area (TPSA) is 56.3 Å². The lowest BCUT2D eigenvalue weighted by Gasteiger charge is -2.14. The summed E-state index contributed by atoms with van der Waals surface area (Å²) in [5.41, 5.74) is 4.26. The first-order valence-corrected chi connectivity index (χ1v) is 10.7. The Morgan fingerprint density at radius 3 is 2.35 bits per heavy atom. The summed E-state index contributed by atoms with van der Waals surface area (Å²) < 4.78 is 6.41. The number of Topliss-reactive ketones (excluding diaryl/α,β-unsaturated/α-hetero) is 1. The number of hydrogen-bond acceptors (Lipinski definition) is 4. The highest BCUT2D eigenvalue weighted by Gasteiger charge is 2.22. The van der Waals surface area contributed by atoms with E-state index in [1.807, 2.05) is 55.5 Å². The molecule has 0 aliphatic heterocycles. The number of aromatic nitrogens is 1. The number of halogens is 1. The molecule has 31 heavy (non-hydrogen) atoms. The third-order valence-electron chi connectivity index (χ3n) is 5.05. The van der Waals surface area contributed by atoms with Gasteiger partial charge in [0.05, 0.1) is 16.8 Å². The highest BCUT2D eigenvalue weighted by Crippen LogP contribution is 2.28. The zero-order chi connectivity index (χ0) is 22.0. The Labute approximate surface area is 189 Å². The van der Waals surface area contributed by atoms with Crippen molar-refractivity contribution < 1.29 is 14.3 Å². The Hall–Kier alpha value is -3.31. The number of aryl methyl sites for hydroxylation is 1. The van der Waals surface area contributed by atoms with Crippen molar-refractivity contribution in [2.45, 2.75) is 20.0 Å². The molecule has 0 bridgehead atoms. The number of carbonyl (C=O) groups excluding carboxylic acids is 2. The van der Waals surface area contributed by atoms with Crippen LogP contribution < -0.4 is 0 Å². The summed E-state index contributed by atoms with van der Waals surface area (Å²) in [7, 11) is 0. The molecule has 5 heteroatoms. The largest absolute Gasteiger partial charge is 0.451 e. The molecule has 0 N–H and O–H groups in total. The lowest BCUT2D eigenvalue weighted by atomic mass is 10.0. The number of nitrogens with zero attached hydrogens (tertiary/aromatic N) is 1. The van der Waals surface area contributed by atoms with Gasteiger partial charge >= 0.3 is 5.97 Å². The van der Waals surface area contributed by atoms with Crippen LogP contribution in [0.3, 0.4) is 0 Å². The maximum absolute atomic E-state index is 13.1. The summed E-state index contributed by atoms with van der Waals surface area (Å²) in [5.74, 6) is -0.803. The van der Waals surface area contributed by atoms with Gasteiger partial charge in [-0.25, -0.2) is 9.78 Å². The van der Waals surface area contributed by atoms with Gasteiger partial charge in [0.15, 0.2) is 6.10 Å². The summed E-state index contributed by atoms with van der Waals surface area (Å²) >= 11 is 3.46. The number of hydrogen-bond donors (Lipinski definition) is 0. The van der Waals surface area contributed by atoms with Crippen LogP contribution in [0, 0.1) is 6.92 Å². The van der Waals surface area contributed by atoms with E-state index < -0.39 is 12.1 Å². The van der Waals surface area contributed by atoms with Crippen LogP contribution in [-0.4, -0.2) is 22.8 Å². The van der Waals surface area contributed by atoms with Crippen molar-refractivity contribution in [3.63, 3.8) is 0 Å². The third kappa shape index (κ3) is 4.57. The number of ketones is 1. The molecular weight excluding hydrogens is 454 g/mol. The lowest BCUT2D eigenvalue weighted by Crippen LogP contribution is -2.24. The Balaban J connectivity index is 1.72.